The largest absolute Gasteiger partial charge is 0.494 e. The topological polar surface area (TPSA) is 70.6 Å². The molecule has 1 aliphatic rings. The molecule has 5 heteroatoms. The number of hydrogen-bond acceptors (Lipinski definition) is 4. The summed E-state index contributed by atoms with van der Waals surface area (Å²) in [6.07, 6.45) is 3.01. The molecule has 5 nitrogen and oxygen atoms in total. The van der Waals surface area contributed by atoms with Gasteiger partial charge >= 0.3 is 0 Å². The van der Waals surface area contributed by atoms with Crippen LogP contribution in [0.2, 0.25) is 0 Å². The first-order valence-corrected chi connectivity index (χ1v) is 7.52. The smallest absolute Gasteiger partial charge is 0.244 e. The summed E-state index contributed by atoms with van der Waals surface area (Å²) in [7, 11) is 0. The van der Waals surface area contributed by atoms with E-state index in [9.17, 15) is 9.90 Å². The first-order chi connectivity index (χ1) is 10.1. The van der Waals surface area contributed by atoms with Crippen LogP contribution in [0.1, 0.15) is 38.7 Å². The standard InChI is InChI=1S/C16H24N2O3/c1-3-21-14-7-6-13(10-12(14)11-19)18-15(20)16(2)8-4-5-9-17-16/h6-7,10,17,19H,3-5,8-9,11H2,1-2H3,(H,18,20). The van der Waals surface area contributed by atoms with Crippen molar-refractivity contribution in [3.63, 3.8) is 0 Å². The minimum absolute atomic E-state index is 0.0322. The Labute approximate surface area is 125 Å². The molecule has 116 valence electrons. The van der Waals surface area contributed by atoms with Crippen LogP contribution >= 0.6 is 0 Å². The molecule has 1 heterocycles. The van der Waals surface area contributed by atoms with Crippen LogP contribution in [0.4, 0.5) is 5.69 Å². The van der Waals surface area contributed by atoms with Crippen LogP contribution in [0.15, 0.2) is 18.2 Å². The van der Waals surface area contributed by atoms with Crippen LogP contribution in [0, 0.1) is 0 Å². The first kappa shape index (κ1) is 15.8. The van der Waals surface area contributed by atoms with Gasteiger partial charge < -0.3 is 20.5 Å². The number of rotatable bonds is 5. The Morgan fingerprint density at radius 1 is 1.48 bits per heavy atom. The molecule has 1 fully saturated rings. The van der Waals surface area contributed by atoms with Crippen molar-refractivity contribution >= 4 is 11.6 Å². The van der Waals surface area contributed by atoms with Crippen LogP contribution < -0.4 is 15.4 Å². The molecule has 2 rings (SSSR count). The lowest BCUT2D eigenvalue weighted by Crippen LogP contribution is -2.54. The number of ether oxygens (including phenoxy) is 1. The molecule has 21 heavy (non-hydrogen) atoms. The zero-order valence-electron chi connectivity index (χ0n) is 12.7. The SMILES string of the molecule is CCOc1ccc(NC(=O)C2(C)CCCCN2)cc1CO. The van der Waals surface area contributed by atoms with Crippen molar-refractivity contribution in [3.8, 4) is 5.75 Å². The highest BCUT2D eigenvalue weighted by molar-refractivity contribution is 5.98. The number of anilines is 1. The van der Waals surface area contributed by atoms with Gasteiger partial charge in [-0.15, -0.1) is 0 Å². The third-order valence-corrected chi connectivity index (χ3v) is 3.91. The van der Waals surface area contributed by atoms with Crippen molar-refractivity contribution in [2.75, 3.05) is 18.5 Å². The lowest BCUT2D eigenvalue weighted by Gasteiger charge is -2.33. The maximum atomic E-state index is 12.4. The molecule has 0 aromatic heterocycles. The van der Waals surface area contributed by atoms with Gasteiger partial charge in [-0.1, -0.05) is 0 Å². The Balaban J connectivity index is 2.10. The number of nitrogens with one attached hydrogen (secondary N) is 2. The normalized spacial score (nSPS) is 21.9. The molecule has 1 atom stereocenters. The average molecular weight is 292 g/mol. The summed E-state index contributed by atoms with van der Waals surface area (Å²) < 4.78 is 5.44. The fourth-order valence-electron chi connectivity index (χ4n) is 2.60. The Morgan fingerprint density at radius 3 is 2.90 bits per heavy atom. The van der Waals surface area contributed by atoms with Gasteiger partial charge in [-0.2, -0.15) is 0 Å². The zero-order chi connectivity index (χ0) is 15.3. The molecule has 0 bridgehead atoms. The van der Waals surface area contributed by atoms with Gasteiger partial charge in [0.1, 0.15) is 5.75 Å². The van der Waals surface area contributed by atoms with Gasteiger partial charge in [0.25, 0.3) is 0 Å². The van der Waals surface area contributed by atoms with E-state index in [0.29, 0.717) is 23.6 Å². The minimum atomic E-state index is -0.518. The number of carbonyl (C=O) groups excluding carboxylic acids is 1. The Kier molecular flexibility index (Phi) is 5.20. The second-order valence-corrected chi connectivity index (χ2v) is 5.58. The third-order valence-electron chi connectivity index (χ3n) is 3.91. The second kappa shape index (κ2) is 6.91. The maximum Gasteiger partial charge on any atom is 0.244 e. The molecule has 1 unspecified atom stereocenters. The number of hydrogen-bond donors (Lipinski definition) is 3. The van der Waals surface area contributed by atoms with E-state index < -0.39 is 5.54 Å². The molecule has 0 saturated carbocycles. The van der Waals surface area contributed by atoms with Crippen molar-refractivity contribution < 1.29 is 14.6 Å². The number of amides is 1. The lowest BCUT2D eigenvalue weighted by atomic mass is 9.90. The summed E-state index contributed by atoms with van der Waals surface area (Å²) in [6, 6.07) is 5.34. The average Bonchev–Trinajstić information content (AvgIpc) is 2.49. The highest BCUT2D eigenvalue weighted by Crippen LogP contribution is 2.25. The van der Waals surface area contributed by atoms with Gasteiger partial charge in [0.2, 0.25) is 5.91 Å². The summed E-state index contributed by atoms with van der Waals surface area (Å²) in [5.41, 5.74) is 0.841. The molecule has 1 saturated heterocycles. The fourth-order valence-corrected chi connectivity index (χ4v) is 2.60. The van der Waals surface area contributed by atoms with E-state index in [1.54, 1.807) is 18.2 Å². The highest BCUT2D eigenvalue weighted by Gasteiger charge is 2.34. The van der Waals surface area contributed by atoms with Gasteiger partial charge in [-0.05, 0) is 57.9 Å². The molecule has 0 aliphatic carbocycles. The Hall–Kier alpha value is -1.59. The number of aliphatic hydroxyl groups is 1. The van der Waals surface area contributed by atoms with Crippen LogP contribution in [-0.4, -0.2) is 29.7 Å². The predicted octanol–water partition coefficient (Wildman–Crippen LogP) is 2.05. The molecule has 0 spiro atoms. The quantitative estimate of drug-likeness (QED) is 0.777. The van der Waals surface area contributed by atoms with Crippen molar-refractivity contribution in [3.05, 3.63) is 23.8 Å². The number of aliphatic hydroxyl groups excluding tert-OH is 1. The molecular weight excluding hydrogens is 268 g/mol. The summed E-state index contributed by atoms with van der Waals surface area (Å²) in [4.78, 5) is 12.4. The zero-order valence-corrected chi connectivity index (χ0v) is 12.7. The van der Waals surface area contributed by atoms with Gasteiger partial charge in [0.05, 0.1) is 18.8 Å². The molecular formula is C16H24N2O3. The minimum Gasteiger partial charge on any atom is -0.494 e. The summed E-state index contributed by atoms with van der Waals surface area (Å²) in [5.74, 6) is 0.621. The van der Waals surface area contributed by atoms with E-state index in [4.69, 9.17) is 4.74 Å². The molecule has 1 aromatic rings. The number of benzene rings is 1. The number of piperidine rings is 1. The first-order valence-electron chi connectivity index (χ1n) is 7.52. The van der Waals surface area contributed by atoms with Gasteiger partial charge in [0, 0.05) is 11.3 Å². The molecule has 1 amide bonds. The van der Waals surface area contributed by atoms with Crippen molar-refractivity contribution in [2.24, 2.45) is 0 Å². The highest BCUT2D eigenvalue weighted by atomic mass is 16.5. The summed E-state index contributed by atoms with van der Waals surface area (Å²) >= 11 is 0. The van der Waals surface area contributed by atoms with Crippen LogP contribution in [0.25, 0.3) is 0 Å². The third kappa shape index (κ3) is 3.74. The van der Waals surface area contributed by atoms with E-state index >= 15 is 0 Å². The van der Waals surface area contributed by atoms with Crippen LogP contribution in [0.5, 0.6) is 5.75 Å². The molecule has 1 aliphatic heterocycles. The van der Waals surface area contributed by atoms with Crippen molar-refractivity contribution in [1.82, 2.24) is 5.32 Å². The number of carbonyl (C=O) groups is 1. The van der Waals surface area contributed by atoms with E-state index in [1.165, 1.54) is 0 Å². The van der Waals surface area contributed by atoms with Crippen LogP contribution in [0.3, 0.4) is 0 Å². The Morgan fingerprint density at radius 2 is 2.29 bits per heavy atom. The maximum absolute atomic E-state index is 12.4. The summed E-state index contributed by atoms with van der Waals surface area (Å²) in [5, 5.41) is 15.6. The van der Waals surface area contributed by atoms with E-state index in [0.717, 1.165) is 25.8 Å². The monoisotopic (exact) mass is 292 g/mol. The fraction of sp³-hybridized carbons (Fsp3) is 0.562. The summed E-state index contributed by atoms with van der Waals surface area (Å²) in [6.45, 7) is 5.12. The van der Waals surface area contributed by atoms with E-state index in [-0.39, 0.29) is 12.5 Å². The van der Waals surface area contributed by atoms with Gasteiger partial charge in [-0.3, -0.25) is 4.79 Å². The lowest BCUT2D eigenvalue weighted by molar-refractivity contribution is -0.122. The molecule has 1 aromatic carbocycles. The van der Waals surface area contributed by atoms with Crippen molar-refractivity contribution in [1.29, 1.82) is 0 Å². The van der Waals surface area contributed by atoms with Gasteiger partial charge in [-0.25, -0.2) is 0 Å². The van der Waals surface area contributed by atoms with Crippen molar-refractivity contribution in [2.45, 2.75) is 45.3 Å². The molecule has 3 N–H and O–H groups in total. The van der Waals surface area contributed by atoms with E-state index in [1.807, 2.05) is 13.8 Å². The second-order valence-electron chi connectivity index (χ2n) is 5.58. The molecule has 0 radical (unpaired) electrons. The van der Waals surface area contributed by atoms with E-state index in [2.05, 4.69) is 10.6 Å². The van der Waals surface area contributed by atoms with Gasteiger partial charge in [0.15, 0.2) is 0 Å². The Bertz CT molecular complexity index is 496. The van der Waals surface area contributed by atoms with Crippen LogP contribution in [-0.2, 0) is 11.4 Å². The predicted molar refractivity (Wildman–Crippen MR) is 82.4 cm³/mol.